The van der Waals surface area contributed by atoms with Gasteiger partial charge in [0, 0.05) is 25.7 Å². The maximum absolute atomic E-state index is 13.2. The average molecular weight is 444 g/mol. The Bertz CT molecular complexity index is 1260. The molecule has 1 aromatic heterocycles. The number of amides is 1. The summed E-state index contributed by atoms with van der Waals surface area (Å²) in [6.07, 6.45) is 1.02. The number of aryl methyl sites for hydroxylation is 1. The first-order valence-corrected chi connectivity index (χ1v) is 12.2. The highest BCUT2D eigenvalue weighted by atomic mass is 32.2. The first-order valence-electron chi connectivity index (χ1n) is 9.99. The van der Waals surface area contributed by atoms with E-state index >= 15 is 0 Å². The fraction of sp³-hybridized carbons (Fsp3) is 0.364. The molecule has 1 aliphatic heterocycles. The van der Waals surface area contributed by atoms with E-state index in [9.17, 15) is 13.2 Å². The standard InChI is InChI=1S/C22H25N3O3S2/c1-15-11-16(2)14-25(13-15)30(27,28)18-8-6-7-17(12-18)21(26)23-22-24(3)19-9-4-5-10-20(19)29-22/h4-10,12,15-16H,11,13-14H2,1-3H3/t15-,16-/m1/s1. The number of para-hydroxylation sites is 1. The van der Waals surface area contributed by atoms with Crippen molar-refractivity contribution in [3.05, 3.63) is 58.9 Å². The number of nitrogens with zero attached hydrogens (tertiary/aromatic N) is 3. The molecule has 0 aliphatic carbocycles. The molecule has 30 heavy (non-hydrogen) atoms. The molecule has 2 heterocycles. The van der Waals surface area contributed by atoms with Crippen molar-refractivity contribution in [2.45, 2.75) is 25.2 Å². The summed E-state index contributed by atoms with van der Waals surface area (Å²) < 4.78 is 30.8. The summed E-state index contributed by atoms with van der Waals surface area (Å²) in [6.45, 7) is 5.16. The molecule has 2 aromatic carbocycles. The largest absolute Gasteiger partial charge is 0.319 e. The van der Waals surface area contributed by atoms with E-state index in [-0.39, 0.29) is 10.5 Å². The Morgan fingerprint density at radius 1 is 1.07 bits per heavy atom. The molecular weight excluding hydrogens is 418 g/mol. The second kappa shape index (κ2) is 8.09. The fourth-order valence-electron chi connectivity index (χ4n) is 4.08. The molecule has 1 saturated heterocycles. The van der Waals surface area contributed by atoms with Crippen LogP contribution in [0.1, 0.15) is 30.6 Å². The number of aromatic nitrogens is 1. The van der Waals surface area contributed by atoms with Gasteiger partial charge in [0.15, 0.2) is 4.80 Å². The third-order valence-corrected chi connectivity index (χ3v) is 8.41. The molecular formula is C22H25N3O3S2. The zero-order chi connectivity index (χ0) is 21.5. The van der Waals surface area contributed by atoms with Crippen molar-refractivity contribution in [3.8, 4) is 0 Å². The Hall–Kier alpha value is -2.29. The Labute approximate surface area is 180 Å². The van der Waals surface area contributed by atoms with E-state index < -0.39 is 15.9 Å². The summed E-state index contributed by atoms with van der Waals surface area (Å²) in [4.78, 5) is 17.8. The maximum Gasteiger partial charge on any atom is 0.279 e. The normalized spacial score (nSPS) is 21.2. The molecule has 0 saturated carbocycles. The molecule has 0 bridgehead atoms. The number of piperidine rings is 1. The maximum atomic E-state index is 13.2. The van der Waals surface area contributed by atoms with Gasteiger partial charge in [0.05, 0.1) is 15.1 Å². The molecule has 6 nitrogen and oxygen atoms in total. The first-order chi connectivity index (χ1) is 14.3. The molecule has 8 heteroatoms. The van der Waals surface area contributed by atoms with E-state index in [2.05, 4.69) is 18.8 Å². The van der Waals surface area contributed by atoms with Crippen LogP contribution in [0.15, 0.2) is 58.4 Å². The Morgan fingerprint density at radius 2 is 1.77 bits per heavy atom. The van der Waals surface area contributed by atoms with Gasteiger partial charge in [-0.3, -0.25) is 4.79 Å². The molecule has 1 fully saturated rings. The van der Waals surface area contributed by atoms with Gasteiger partial charge in [0.1, 0.15) is 0 Å². The van der Waals surface area contributed by atoms with Crippen LogP contribution >= 0.6 is 11.3 Å². The number of fused-ring (bicyclic) bond motifs is 1. The van der Waals surface area contributed by atoms with Crippen LogP contribution in [-0.4, -0.2) is 36.3 Å². The van der Waals surface area contributed by atoms with Crippen molar-refractivity contribution in [2.24, 2.45) is 23.9 Å². The molecule has 2 atom stereocenters. The molecule has 4 rings (SSSR count). The number of carbonyl (C=O) groups is 1. The number of hydrogen-bond acceptors (Lipinski definition) is 4. The lowest BCUT2D eigenvalue weighted by Crippen LogP contribution is -2.42. The zero-order valence-corrected chi connectivity index (χ0v) is 18.9. The molecule has 1 amide bonds. The van der Waals surface area contributed by atoms with Crippen LogP contribution in [-0.2, 0) is 17.1 Å². The highest BCUT2D eigenvalue weighted by Crippen LogP contribution is 2.27. The summed E-state index contributed by atoms with van der Waals surface area (Å²) >= 11 is 1.43. The number of sulfonamides is 1. The molecule has 158 valence electrons. The smallest absolute Gasteiger partial charge is 0.279 e. The summed E-state index contributed by atoms with van der Waals surface area (Å²) in [6, 6.07) is 14.1. The highest BCUT2D eigenvalue weighted by Gasteiger charge is 2.31. The van der Waals surface area contributed by atoms with E-state index in [0.29, 0.717) is 29.7 Å². The Kier molecular flexibility index (Phi) is 5.65. The van der Waals surface area contributed by atoms with Gasteiger partial charge in [-0.05, 0) is 48.6 Å². The summed E-state index contributed by atoms with van der Waals surface area (Å²) in [5, 5.41) is 0. The lowest BCUT2D eigenvalue weighted by Gasteiger charge is -2.34. The number of carbonyl (C=O) groups excluding carboxylic acids is 1. The second-order valence-electron chi connectivity index (χ2n) is 8.12. The predicted molar refractivity (Wildman–Crippen MR) is 119 cm³/mol. The topological polar surface area (TPSA) is 71.7 Å². The lowest BCUT2D eigenvalue weighted by molar-refractivity contribution is 0.0997. The van der Waals surface area contributed by atoms with Crippen LogP contribution in [0.4, 0.5) is 0 Å². The number of hydrogen-bond donors (Lipinski definition) is 0. The van der Waals surface area contributed by atoms with Crippen molar-refractivity contribution in [1.82, 2.24) is 8.87 Å². The van der Waals surface area contributed by atoms with E-state index in [0.717, 1.165) is 16.6 Å². The minimum Gasteiger partial charge on any atom is -0.319 e. The van der Waals surface area contributed by atoms with E-state index in [1.54, 1.807) is 22.5 Å². The predicted octanol–water partition coefficient (Wildman–Crippen LogP) is 3.65. The minimum atomic E-state index is -3.65. The van der Waals surface area contributed by atoms with E-state index in [4.69, 9.17) is 0 Å². The van der Waals surface area contributed by atoms with Crippen LogP contribution in [0, 0.1) is 11.8 Å². The van der Waals surface area contributed by atoms with Crippen LogP contribution < -0.4 is 4.80 Å². The number of rotatable bonds is 3. The van der Waals surface area contributed by atoms with Gasteiger partial charge < -0.3 is 4.57 Å². The third kappa shape index (κ3) is 3.99. The van der Waals surface area contributed by atoms with E-state index in [1.807, 2.05) is 35.9 Å². The molecule has 0 unspecified atom stereocenters. The third-order valence-electron chi connectivity index (χ3n) is 5.47. The van der Waals surface area contributed by atoms with Crippen molar-refractivity contribution in [2.75, 3.05) is 13.1 Å². The Morgan fingerprint density at radius 3 is 2.47 bits per heavy atom. The number of thiazole rings is 1. The SMILES string of the molecule is C[C@@H]1C[C@@H](C)CN(S(=O)(=O)c2cccc(C(=O)N=c3sc4ccccc4n3C)c2)C1. The summed E-state index contributed by atoms with van der Waals surface area (Å²) in [5.74, 6) is 0.183. The monoisotopic (exact) mass is 443 g/mol. The minimum absolute atomic E-state index is 0.144. The van der Waals surface area contributed by atoms with Crippen molar-refractivity contribution in [3.63, 3.8) is 0 Å². The van der Waals surface area contributed by atoms with Crippen molar-refractivity contribution in [1.29, 1.82) is 0 Å². The van der Waals surface area contributed by atoms with Crippen LogP contribution in [0.2, 0.25) is 0 Å². The van der Waals surface area contributed by atoms with Crippen LogP contribution in [0.3, 0.4) is 0 Å². The summed E-state index contributed by atoms with van der Waals surface area (Å²) in [5.41, 5.74) is 1.27. The van der Waals surface area contributed by atoms with Gasteiger partial charge in [-0.2, -0.15) is 9.30 Å². The second-order valence-corrected chi connectivity index (χ2v) is 11.1. The Balaban J connectivity index is 1.67. The van der Waals surface area contributed by atoms with Crippen LogP contribution in [0.5, 0.6) is 0 Å². The van der Waals surface area contributed by atoms with Gasteiger partial charge in [-0.1, -0.05) is 43.4 Å². The first kappa shape index (κ1) is 21.0. The molecule has 1 aliphatic rings. The average Bonchev–Trinajstić information content (AvgIpc) is 3.03. The summed E-state index contributed by atoms with van der Waals surface area (Å²) in [7, 11) is -1.78. The van der Waals surface area contributed by atoms with Gasteiger partial charge in [0.25, 0.3) is 5.91 Å². The number of benzene rings is 2. The molecule has 0 spiro atoms. The van der Waals surface area contributed by atoms with Gasteiger partial charge in [0.2, 0.25) is 10.0 Å². The van der Waals surface area contributed by atoms with Crippen LogP contribution in [0.25, 0.3) is 10.2 Å². The highest BCUT2D eigenvalue weighted by molar-refractivity contribution is 7.89. The van der Waals surface area contributed by atoms with Gasteiger partial charge >= 0.3 is 0 Å². The van der Waals surface area contributed by atoms with Gasteiger partial charge in [-0.25, -0.2) is 8.42 Å². The van der Waals surface area contributed by atoms with E-state index in [1.165, 1.54) is 17.4 Å². The fourth-order valence-corrected chi connectivity index (χ4v) is 6.82. The van der Waals surface area contributed by atoms with Crippen molar-refractivity contribution >= 4 is 37.5 Å². The quantitative estimate of drug-likeness (QED) is 0.620. The molecule has 3 aromatic rings. The van der Waals surface area contributed by atoms with Crippen molar-refractivity contribution < 1.29 is 13.2 Å². The molecule has 0 N–H and O–H groups in total. The zero-order valence-electron chi connectivity index (χ0n) is 17.3. The van der Waals surface area contributed by atoms with Gasteiger partial charge in [-0.15, -0.1) is 0 Å². The lowest BCUT2D eigenvalue weighted by atomic mass is 9.94. The molecule has 0 radical (unpaired) electrons.